The Bertz CT molecular complexity index is 2410. The molecule has 5 fully saturated rings. The molecule has 346 valence electrons. The summed E-state index contributed by atoms with van der Waals surface area (Å²) in [7, 11) is -0.701. The fourth-order valence-corrected chi connectivity index (χ4v) is 17.0. The molecule has 0 unspecified atom stereocenters. The van der Waals surface area contributed by atoms with E-state index >= 15 is 4.39 Å². The average molecular weight is 919 g/mol. The van der Waals surface area contributed by atoms with Crippen molar-refractivity contribution in [3.8, 4) is 34.2 Å². The predicted molar refractivity (Wildman–Crippen MR) is 250 cm³/mol. The fraction of sp³-hybridized carbons (Fsp3) is 0.625. The molecule has 64 heavy (non-hydrogen) atoms. The van der Waals surface area contributed by atoms with Crippen molar-refractivity contribution >= 4 is 52.4 Å². The Balaban J connectivity index is 1.22. The highest BCUT2D eigenvalue weighted by molar-refractivity contribution is 7.19. The highest BCUT2D eigenvalue weighted by atomic mass is 32.1. The summed E-state index contributed by atoms with van der Waals surface area (Å²) in [6.07, 6.45) is 2.82. The zero-order valence-corrected chi connectivity index (χ0v) is 40.9. The number of hydrogen-bond donors (Lipinski definition) is 0. The molecule has 7 heterocycles. The predicted octanol–water partition coefficient (Wildman–Crippen LogP) is 10.5. The lowest BCUT2D eigenvalue weighted by Gasteiger charge is -2.38. The molecule has 5 aliphatic rings. The van der Waals surface area contributed by atoms with Crippen LogP contribution in [0.15, 0.2) is 24.3 Å². The van der Waals surface area contributed by atoms with E-state index in [2.05, 4.69) is 62.8 Å². The molecule has 0 N–H and O–H groups in total. The fourth-order valence-electron chi connectivity index (χ4n) is 11.0. The van der Waals surface area contributed by atoms with E-state index in [4.69, 9.17) is 38.6 Å². The van der Waals surface area contributed by atoms with Gasteiger partial charge < -0.3 is 33.5 Å². The third kappa shape index (κ3) is 9.11. The second kappa shape index (κ2) is 18.2. The van der Waals surface area contributed by atoms with Crippen molar-refractivity contribution in [2.24, 2.45) is 5.92 Å². The maximum atomic E-state index is 16.2. The lowest BCUT2D eigenvalue weighted by molar-refractivity contribution is 0.00808. The summed E-state index contributed by atoms with van der Waals surface area (Å²) in [6.45, 7) is 22.3. The smallest absolute Gasteiger partial charge is 0.410 e. The number of anilines is 1. The molecular weight excluding hydrogens is 855 g/mol. The molecule has 1 amide bonds. The van der Waals surface area contributed by atoms with Crippen LogP contribution in [0.25, 0.3) is 21.1 Å². The molecule has 0 spiro atoms. The highest BCUT2D eigenvalue weighted by Gasteiger charge is 2.50. The number of alkyl halides is 1. The summed E-state index contributed by atoms with van der Waals surface area (Å²) in [5, 5.41) is 1.46. The lowest BCUT2D eigenvalue weighted by atomic mass is 9.95. The van der Waals surface area contributed by atoms with Crippen molar-refractivity contribution in [2.75, 3.05) is 58.1 Å². The maximum absolute atomic E-state index is 16.2. The third-order valence-corrected chi connectivity index (χ3v) is 21.0. The standard InChI is InChI=1S/C48H64F2N6O6SSi/c1-29(2)64(30(3)4,31(5)6)19-16-37-38(50)15-13-33-20-36(60-28-58-10)21-39(40(33)37)61-45-51-41-42(54-23-32-12-14-35(26-54)56(24-32)46(57)62-47(7,8)9)52-44(53-43(41)63-45)59-27-48-17-11-18-55(48)25-34(49)22-48/h13,15,20-21,29-32,34-35H,11-12,14,17-18,22-28H2,1-10H3/t32-,34+,35+,48-/m0/s1. The first kappa shape index (κ1) is 46.2. The Labute approximate surface area is 381 Å². The van der Waals surface area contributed by atoms with Gasteiger partial charge in [-0.3, -0.25) is 4.90 Å². The van der Waals surface area contributed by atoms with Gasteiger partial charge in [-0.05, 0) is 93.1 Å². The summed E-state index contributed by atoms with van der Waals surface area (Å²) < 4.78 is 61.3. The quantitative estimate of drug-likeness (QED) is 0.0769. The van der Waals surface area contributed by atoms with Crippen molar-refractivity contribution in [3.63, 3.8) is 0 Å². The van der Waals surface area contributed by atoms with Gasteiger partial charge in [0.05, 0.1) is 17.1 Å². The molecule has 5 aliphatic heterocycles. The zero-order chi connectivity index (χ0) is 45.7. The number of nitrogens with zero attached hydrogens (tertiary/aromatic N) is 6. The number of piperidine rings is 1. The van der Waals surface area contributed by atoms with Crippen LogP contribution in [0.5, 0.6) is 22.7 Å². The molecular formula is C48H64F2N6O6SSi. The molecule has 4 atom stereocenters. The van der Waals surface area contributed by atoms with Gasteiger partial charge in [0.15, 0.2) is 17.4 Å². The maximum Gasteiger partial charge on any atom is 0.410 e. The van der Waals surface area contributed by atoms with Crippen LogP contribution >= 0.6 is 11.3 Å². The van der Waals surface area contributed by atoms with Gasteiger partial charge in [0, 0.05) is 51.2 Å². The second-order valence-corrected chi connectivity index (χ2v) is 26.7. The largest absolute Gasteiger partial charge is 0.467 e. The van der Waals surface area contributed by atoms with E-state index in [9.17, 15) is 9.18 Å². The molecule has 12 nitrogen and oxygen atoms in total. The van der Waals surface area contributed by atoms with Crippen LogP contribution < -0.4 is 19.1 Å². The van der Waals surface area contributed by atoms with Crippen molar-refractivity contribution < 1.29 is 37.3 Å². The van der Waals surface area contributed by atoms with E-state index in [1.54, 1.807) is 19.2 Å². The topological polar surface area (TPSA) is 112 Å². The van der Waals surface area contributed by atoms with Gasteiger partial charge in [-0.15, -0.1) is 5.54 Å². The first-order valence-electron chi connectivity index (χ1n) is 22.9. The number of carbonyl (C=O) groups is 1. The molecule has 5 saturated heterocycles. The molecule has 0 saturated carbocycles. The molecule has 9 rings (SSSR count). The molecule has 2 aromatic carbocycles. The average Bonchev–Trinajstić information content (AvgIpc) is 3.80. The van der Waals surface area contributed by atoms with Gasteiger partial charge in [-0.1, -0.05) is 64.9 Å². The summed E-state index contributed by atoms with van der Waals surface area (Å²) in [5.41, 5.74) is 4.53. The number of methoxy groups -OCH3 is 1. The monoisotopic (exact) mass is 918 g/mol. The number of carbonyl (C=O) groups excluding carboxylic acids is 1. The number of aromatic nitrogens is 3. The third-order valence-electron chi connectivity index (χ3n) is 13.9. The van der Waals surface area contributed by atoms with E-state index in [-0.39, 0.29) is 48.2 Å². The van der Waals surface area contributed by atoms with E-state index in [0.717, 1.165) is 32.2 Å². The van der Waals surface area contributed by atoms with Crippen LogP contribution in [0.2, 0.25) is 16.6 Å². The molecule has 0 aliphatic carbocycles. The van der Waals surface area contributed by atoms with E-state index in [0.29, 0.717) is 87.7 Å². The molecule has 0 radical (unpaired) electrons. The SMILES string of the molecule is COCOc1cc(Oc2nc3c(N4C[C@@H]5CC[C@H](C4)N(C(=O)OC(C)(C)C)C5)nc(OC[C@@]45CCCN4C[C@H](F)C5)nc3s2)c2c(C#C[Si](C(C)C)(C(C)C)C(C)C)c(F)ccc2c1. The van der Waals surface area contributed by atoms with Crippen LogP contribution in [0.4, 0.5) is 19.4 Å². The zero-order valence-electron chi connectivity index (χ0n) is 39.1. The van der Waals surface area contributed by atoms with Crippen LogP contribution in [0.3, 0.4) is 0 Å². The Kier molecular flexibility index (Phi) is 13.1. The lowest BCUT2D eigenvalue weighted by Crippen LogP contribution is -2.49. The number of rotatable bonds is 12. The van der Waals surface area contributed by atoms with E-state index in [1.165, 1.54) is 17.4 Å². The summed E-state index contributed by atoms with van der Waals surface area (Å²) >= 11 is 1.23. The highest BCUT2D eigenvalue weighted by Crippen LogP contribution is 2.45. The van der Waals surface area contributed by atoms with Gasteiger partial charge >= 0.3 is 12.1 Å². The van der Waals surface area contributed by atoms with Crippen LogP contribution in [0.1, 0.15) is 100.0 Å². The minimum absolute atomic E-state index is 0.00115. The molecule has 2 bridgehead atoms. The first-order valence-corrected chi connectivity index (χ1v) is 26.0. The van der Waals surface area contributed by atoms with Crippen molar-refractivity contribution in [1.29, 1.82) is 0 Å². The number of fused-ring (bicyclic) bond motifs is 7. The summed E-state index contributed by atoms with van der Waals surface area (Å²) in [6, 6.07) is 6.78. The van der Waals surface area contributed by atoms with Crippen molar-refractivity contribution in [1.82, 2.24) is 24.8 Å². The normalized spacial score (nSPS) is 22.7. The minimum Gasteiger partial charge on any atom is -0.467 e. The minimum atomic E-state index is -2.25. The Morgan fingerprint density at radius 1 is 1.00 bits per heavy atom. The van der Waals surface area contributed by atoms with Gasteiger partial charge in [-0.25, -0.2) is 13.6 Å². The summed E-state index contributed by atoms with van der Waals surface area (Å²) in [4.78, 5) is 35.3. The molecule has 4 aromatic rings. The van der Waals surface area contributed by atoms with Crippen molar-refractivity contribution in [3.05, 3.63) is 35.6 Å². The van der Waals surface area contributed by atoms with Crippen LogP contribution in [-0.2, 0) is 9.47 Å². The Hall–Kier alpha value is -4.30. The van der Waals surface area contributed by atoms with E-state index < -0.39 is 31.2 Å². The van der Waals surface area contributed by atoms with Crippen molar-refractivity contribution in [2.45, 2.75) is 134 Å². The number of ether oxygens (including phenoxy) is 5. The number of hydrogen-bond acceptors (Lipinski definition) is 12. The van der Waals surface area contributed by atoms with Crippen LogP contribution in [-0.4, -0.2) is 116 Å². The van der Waals surface area contributed by atoms with Gasteiger partial charge in [0.25, 0.3) is 5.19 Å². The van der Waals surface area contributed by atoms with Gasteiger partial charge in [-0.2, -0.15) is 15.0 Å². The Morgan fingerprint density at radius 3 is 2.48 bits per heavy atom. The molecule has 2 aromatic heterocycles. The summed E-state index contributed by atoms with van der Waals surface area (Å²) in [5.74, 6) is 4.48. The number of thiazole rings is 1. The van der Waals surface area contributed by atoms with Gasteiger partial charge in [0.2, 0.25) is 0 Å². The van der Waals surface area contributed by atoms with Crippen LogP contribution in [0, 0.1) is 23.2 Å². The second-order valence-electron chi connectivity index (χ2n) is 20.2. The number of amides is 1. The molecule has 16 heteroatoms. The Morgan fingerprint density at radius 2 is 1.77 bits per heavy atom. The number of benzene rings is 2. The van der Waals surface area contributed by atoms with E-state index in [1.807, 2.05) is 31.7 Å². The van der Waals surface area contributed by atoms with Gasteiger partial charge in [0.1, 0.15) is 49.3 Å². The number of halogens is 2. The first-order chi connectivity index (χ1) is 30.4.